The molecule has 21 heavy (non-hydrogen) atoms. The third kappa shape index (κ3) is 3.71. The average molecular weight is 292 g/mol. The molecule has 0 unspecified atom stereocenters. The molecule has 1 aliphatic rings. The molecule has 1 aromatic rings. The summed E-state index contributed by atoms with van der Waals surface area (Å²) in [6, 6.07) is 5.93. The zero-order valence-electron chi connectivity index (χ0n) is 13.0. The van der Waals surface area contributed by atoms with Crippen LogP contribution in [0.3, 0.4) is 0 Å². The van der Waals surface area contributed by atoms with Crippen molar-refractivity contribution in [2.24, 2.45) is 0 Å². The highest BCUT2D eigenvalue weighted by Crippen LogP contribution is 2.29. The third-order valence-electron chi connectivity index (χ3n) is 4.26. The molecular weight excluding hydrogens is 268 g/mol. The Kier molecular flexibility index (Phi) is 5.14. The molecule has 0 aliphatic carbocycles. The summed E-state index contributed by atoms with van der Waals surface area (Å²) in [5.74, 6) is 0. The number of hydrogen-bond donors (Lipinski definition) is 1. The summed E-state index contributed by atoms with van der Waals surface area (Å²) >= 11 is 0. The molecule has 1 heterocycles. The van der Waals surface area contributed by atoms with Crippen LogP contribution in [0.25, 0.3) is 0 Å². The van der Waals surface area contributed by atoms with Crippen LogP contribution in [0, 0.1) is 10.1 Å². The van der Waals surface area contributed by atoms with Crippen molar-refractivity contribution in [2.75, 3.05) is 39.5 Å². The maximum atomic E-state index is 11.1. The zero-order chi connectivity index (χ0) is 15.4. The Morgan fingerprint density at radius 1 is 1.38 bits per heavy atom. The molecular formula is C15H24N4O2. The van der Waals surface area contributed by atoms with Gasteiger partial charge < -0.3 is 10.2 Å². The van der Waals surface area contributed by atoms with Crippen LogP contribution >= 0.6 is 0 Å². The molecule has 6 heteroatoms. The molecule has 1 saturated heterocycles. The van der Waals surface area contributed by atoms with Crippen LogP contribution in [0.2, 0.25) is 0 Å². The number of nitro benzene ring substituents is 1. The van der Waals surface area contributed by atoms with Gasteiger partial charge in [-0.05, 0) is 45.6 Å². The molecule has 1 aromatic carbocycles. The summed E-state index contributed by atoms with van der Waals surface area (Å²) in [6.07, 6.45) is 2.30. The highest BCUT2D eigenvalue weighted by atomic mass is 16.6. The van der Waals surface area contributed by atoms with Crippen LogP contribution in [-0.2, 0) is 6.54 Å². The van der Waals surface area contributed by atoms with Gasteiger partial charge in [-0.2, -0.15) is 0 Å². The van der Waals surface area contributed by atoms with E-state index in [4.69, 9.17) is 0 Å². The first kappa shape index (κ1) is 15.7. The highest BCUT2D eigenvalue weighted by Gasteiger charge is 2.23. The minimum Gasteiger partial charge on any atom is -0.382 e. The number of piperidine rings is 1. The Hall–Kier alpha value is -1.66. The summed E-state index contributed by atoms with van der Waals surface area (Å²) in [5, 5.41) is 14.1. The predicted molar refractivity (Wildman–Crippen MR) is 84.6 cm³/mol. The molecule has 0 bridgehead atoms. The van der Waals surface area contributed by atoms with E-state index in [0.717, 1.165) is 38.0 Å². The van der Waals surface area contributed by atoms with Gasteiger partial charge in [0.2, 0.25) is 0 Å². The first-order valence-electron chi connectivity index (χ1n) is 7.35. The SMILES string of the molecule is CNc1c(CN2CCC(N(C)C)CC2)cccc1[N+](=O)[O-]. The van der Waals surface area contributed by atoms with Crippen LogP contribution < -0.4 is 5.32 Å². The van der Waals surface area contributed by atoms with Gasteiger partial charge in [0.05, 0.1) is 4.92 Å². The van der Waals surface area contributed by atoms with E-state index in [2.05, 4.69) is 29.2 Å². The zero-order valence-corrected chi connectivity index (χ0v) is 13.0. The number of likely N-dealkylation sites (tertiary alicyclic amines) is 1. The number of benzene rings is 1. The Morgan fingerprint density at radius 2 is 2.05 bits per heavy atom. The lowest BCUT2D eigenvalue weighted by Crippen LogP contribution is -2.41. The van der Waals surface area contributed by atoms with Gasteiger partial charge in [-0.25, -0.2) is 0 Å². The van der Waals surface area contributed by atoms with Crippen molar-refractivity contribution in [2.45, 2.75) is 25.4 Å². The normalized spacial score (nSPS) is 17.1. The molecule has 6 nitrogen and oxygen atoms in total. The summed E-state index contributed by atoms with van der Waals surface area (Å²) < 4.78 is 0. The van der Waals surface area contributed by atoms with Crippen LogP contribution in [-0.4, -0.2) is 55.0 Å². The van der Waals surface area contributed by atoms with Gasteiger partial charge in [0.15, 0.2) is 0 Å². The van der Waals surface area contributed by atoms with E-state index in [-0.39, 0.29) is 10.6 Å². The molecule has 0 saturated carbocycles. The average Bonchev–Trinajstić information content (AvgIpc) is 2.47. The van der Waals surface area contributed by atoms with E-state index in [1.54, 1.807) is 19.2 Å². The highest BCUT2D eigenvalue weighted by molar-refractivity contribution is 5.66. The van der Waals surface area contributed by atoms with Gasteiger partial charge in [0, 0.05) is 25.7 Å². The topological polar surface area (TPSA) is 61.6 Å². The monoisotopic (exact) mass is 292 g/mol. The van der Waals surface area contributed by atoms with Gasteiger partial charge in [0.1, 0.15) is 5.69 Å². The molecule has 0 radical (unpaired) electrons. The van der Waals surface area contributed by atoms with Crippen LogP contribution in [0.1, 0.15) is 18.4 Å². The second kappa shape index (κ2) is 6.87. The second-order valence-electron chi connectivity index (χ2n) is 5.79. The summed E-state index contributed by atoms with van der Waals surface area (Å²) in [7, 11) is 5.99. The Bertz CT molecular complexity index is 496. The second-order valence-corrected chi connectivity index (χ2v) is 5.79. The van der Waals surface area contributed by atoms with Crippen molar-refractivity contribution in [1.82, 2.24) is 9.80 Å². The number of hydrogen-bond acceptors (Lipinski definition) is 5. The van der Waals surface area contributed by atoms with Crippen molar-refractivity contribution in [1.29, 1.82) is 0 Å². The maximum absolute atomic E-state index is 11.1. The van der Waals surface area contributed by atoms with Crippen LogP contribution in [0.5, 0.6) is 0 Å². The van der Waals surface area contributed by atoms with E-state index in [1.807, 2.05) is 6.07 Å². The minimum atomic E-state index is -0.326. The Labute approximate surface area is 125 Å². The molecule has 2 rings (SSSR count). The first-order valence-corrected chi connectivity index (χ1v) is 7.35. The predicted octanol–water partition coefficient (Wildman–Crippen LogP) is 2.16. The van der Waals surface area contributed by atoms with Crippen molar-refractivity contribution in [3.63, 3.8) is 0 Å². The molecule has 1 aliphatic heterocycles. The fraction of sp³-hybridized carbons (Fsp3) is 0.600. The molecule has 0 aromatic heterocycles. The van der Waals surface area contributed by atoms with Gasteiger partial charge in [0.25, 0.3) is 5.69 Å². The number of rotatable bonds is 5. The number of nitrogens with one attached hydrogen (secondary N) is 1. The fourth-order valence-electron chi connectivity index (χ4n) is 2.99. The third-order valence-corrected chi connectivity index (χ3v) is 4.26. The van der Waals surface area contributed by atoms with E-state index in [9.17, 15) is 10.1 Å². The number of para-hydroxylation sites is 1. The van der Waals surface area contributed by atoms with Crippen molar-refractivity contribution in [3.8, 4) is 0 Å². The lowest BCUT2D eigenvalue weighted by molar-refractivity contribution is -0.384. The lowest BCUT2D eigenvalue weighted by atomic mass is 10.0. The molecule has 0 amide bonds. The molecule has 0 spiro atoms. The molecule has 1 fully saturated rings. The summed E-state index contributed by atoms with van der Waals surface area (Å²) in [6.45, 7) is 2.83. The Balaban J connectivity index is 2.07. The van der Waals surface area contributed by atoms with Gasteiger partial charge in [-0.1, -0.05) is 12.1 Å². The van der Waals surface area contributed by atoms with E-state index in [0.29, 0.717) is 11.7 Å². The van der Waals surface area contributed by atoms with Gasteiger partial charge in [-0.15, -0.1) is 0 Å². The van der Waals surface area contributed by atoms with E-state index < -0.39 is 0 Å². The first-order chi connectivity index (χ1) is 10.0. The molecule has 1 N–H and O–H groups in total. The molecule has 116 valence electrons. The van der Waals surface area contributed by atoms with Crippen molar-refractivity contribution >= 4 is 11.4 Å². The largest absolute Gasteiger partial charge is 0.382 e. The minimum absolute atomic E-state index is 0.151. The standard InChI is InChI=1S/C15H24N4O2/c1-16-15-12(5-4-6-14(15)19(20)21)11-18-9-7-13(8-10-18)17(2)3/h4-6,13,16H,7-11H2,1-3H3. The lowest BCUT2D eigenvalue weighted by Gasteiger charge is -2.35. The van der Waals surface area contributed by atoms with Crippen molar-refractivity contribution < 1.29 is 4.92 Å². The number of nitrogens with zero attached hydrogens (tertiary/aromatic N) is 3. The van der Waals surface area contributed by atoms with Crippen molar-refractivity contribution in [3.05, 3.63) is 33.9 Å². The number of nitro groups is 1. The van der Waals surface area contributed by atoms with E-state index in [1.165, 1.54) is 0 Å². The van der Waals surface area contributed by atoms with Crippen LogP contribution in [0.4, 0.5) is 11.4 Å². The summed E-state index contributed by atoms with van der Waals surface area (Å²) in [5.41, 5.74) is 1.78. The van der Waals surface area contributed by atoms with Gasteiger partial charge in [-0.3, -0.25) is 15.0 Å². The Morgan fingerprint density at radius 3 is 2.57 bits per heavy atom. The van der Waals surface area contributed by atoms with E-state index >= 15 is 0 Å². The summed E-state index contributed by atoms with van der Waals surface area (Å²) in [4.78, 5) is 15.4. The fourth-order valence-corrected chi connectivity index (χ4v) is 2.99. The molecule has 0 atom stereocenters. The van der Waals surface area contributed by atoms with Crippen LogP contribution in [0.15, 0.2) is 18.2 Å². The maximum Gasteiger partial charge on any atom is 0.292 e. The quantitative estimate of drug-likeness (QED) is 0.665. The number of anilines is 1. The van der Waals surface area contributed by atoms with Gasteiger partial charge >= 0.3 is 0 Å². The smallest absolute Gasteiger partial charge is 0.292 e.